The molecule has 0 spiro atoms. The molecule has 1 amide bonds. The molecule has 4 nitrogen and oxygen atoms in total. The Morgan fingerprint density at radius 3 is 2.73 bits per heavy atom. The molecule has 1 saturated carbocycles. The standard InChI is InChI=1S/C11H18N2O2/c1-15-9-6-11(14)13(8-7-12)10-4-2-3-5-10/h10H,2-6,8-9H2,1H3. The topological polar surface area (TPSA) is 53.3 Å². The zero-order valence-electron chi connectivity index (χ0n) is 9.24. The van der Waals surface area contributed by atoms with Crippen molar-refractivity contribution in [3.05, 3.63) is 0 Å². The molecule has 0 radical (unpaired) electrons. The second-order valence-corrected chi connectivity index (χ2v) is 3.86. The van der Waals surface area contributed by atoms with Crippen LogP contribution in [0.25, 0.3) is 0 Å². The number of hydrogen-bond acceptors (Lipinski definition) is 3. The van der Waals surface area contributed by atoms with Gasteiger partial charge in [-0.1, -0.05) is 12.8 Å². The summed E-state index contributed by atoms with van der Waals surface area (Å²) in [5.41, 5.74) is 0. The molecule has 0 bridgehead atoms. The molecule has 0 unspecified atom stereocenters. The maximum absolute atomic E-state index is 11.8. The average Bonchev–Trinajstić information content (AvgIpc) is 2.75. The molecule has 84 valence electrons. The van der Waals surface area contributed by atoms with E-state index in [1.807, 2.05) is 0 Å². The third kappa shape index (κ3) is 3.52. The van der Waals surface area contributed by atoms with Crippen LogP contribution in [-0.4, -0.2) is 37.1 Å². The Kier molecular flexibility index (Phi) is 5.13. The minimum atomic E-state index is 0.0466. The van der Waals surface area contributed by atoms with Gasteiger partial charge >= 0.3 is 0 Å². The first-order valence-electron chi connectivity index (χ1n) is 5.45. The van der Waals surface area contributed by atoms with Gasteiger partial charge in [0.25, 0.3) is 0 Å². The molecule has 0 heterocycles. The van der Waals surface area contributed by atoms with Crippen LogP contribution in [-0.2, 0) is 9.53 Å². The Labute approximate surface area is 90.8 Å². The van der Waals surface area contributed by atoms with E-state index in [0.717, 1.165) is 12.8 Å². The number of hydrogen-bond donors (Lipinski definition) is 0. The highest BCUT2D eigenvalue weighted by Gasteiger charge is 2.25. The maximum Gasteiger partial charge on any atom is 0.225 e. The number of carbonyl (C=O) groups is 1. The quantitative estimate of drug-likeness (QED) is 0.643. The monoisotopic (exact) mass is 210 g/mol. The number of nitriles is 1. The molecule has 0 aromatic heterocycles. The van der Waals surface area contributed by atoms with Crippen LogP contribution in [0.15, 0.2) is 0 Å². The molecular weight excluding hydrogens is 192 g/mol. The maximum atomic E-state index is 11.8. The third-order valence-corrected chi connectivity index (χ3v) is 2.85. The molecule has 0 aromatic rings. The average molecular weight is 210 g/mol. The number of rotatable bonds is 5. The Morgan fingerprint density at radius 1 is 1.53 bits per heavy atom. The van der Waals surface area contributed by atoms with Crippen LogP contribution >= 0.6 is 0 Å². The summed E-state index contributed by atoms with van der Waals surface area (Å²) in [6, 6.07) is 2.35. The highest BCUT2D eigenvalue weighted by molar-refractivity contribution is 5.76. The molecule has 1 aliphatic rings. The normalized spacial score (nSPS) is 16.3. The molecule has 4 heteroatoms. The van der Waals surface area contributed by atoms with Crippen molar-refractivity contribution in [2.45, 2.75) is 38.1 Å². The SMILES string of the molecule is COCCC(=O)N(CC#N)C1CCCC1. The zero-order chi connectivity index (χ0) is 11.1. The zero-order valence-corrected chi connectivity index (χ0v) is 9.24. The van der Waals surface area contributed by atoms with E-state index in [1.165, 1.54) is 12.8 Å². The number of methoxy groups -OCH3 is 1. The van der Waals surface area contributed by atoms with Crippen molar-refractivity contribution < 1.29 is 9.53 Å². The molecule has 1 rings (SSSR count). The Bertz CT molecular complexity index is 241. The molecule has 15 heavy (non-hydrogen) atoms. The lowest BCUT2D eigenvalue weighted by Crippen LogP contribution is -2.39. The Morgan fingerprint density at radius 2 is 2.20 bits per heavy atom. The van der Waals surface area contributed by atoms with Crippen LogP contribution in [0.5, 0.6) is 0 Å². The molecule has 1 aliphatic carbocycles. The summed E-state index contributed by atoms with van der Waals surface area (Å²) in [7, 11) is 1.58. The largest absolute Gasteiger partial charge is 0.384 e. The van der Waals surface area contributed by atoms with Crippen LogP contribution in [0.3, 0.4) is 0 Å². The fourth-order valence-corrected chi connectivity index (χ4v) is 2.05. The summed E-state index contributed by atoms with van der Waals surface area (Å²) in [5, 5.41) is 8.70. The van der Waals surface area contributed by atoms with Gasteiger partial charge in [-0.2, -0.15) is 5.26 Å². The van der Waals surface area contributed by atoms with Gasteiger partial charge in [-0.3, -0.25) is 4.79 Å². The summed E-state index contributed by atoms with van der Waals surface area (Å²) >= 11 is 0. The van der Waals surface area contributed by atoms with Gasteiger partial charge in [0, 0.05) is 13.2 Å². The summed E-state index contributed by atoms with van der Waals surface area (Å²) in [6.07, 6.45) is 4.81. The highest BCUT2D eigenvalue weighted by atomic mass is 16.5. The van der Waals surface area contributed by atoms with E-state index >= 15 is 0 Å². The second kappa shape index (κ2) is 6.41. The molecule has 0 aliphatic heterocycles. The number of amides is 1. The van der Waals surface area contributed by atoms with Crippen molar-refractivity contribution in [2.75, 3.05) is 20.3 Å². The summed E-state index contributed by atoms with van der Waals surface area (Å²) < 4.78 is 4.87. The molecule has 1 fully saturated rings. The van der Waals surface area contributed by atoms with Crippen molar-refractivity contribution in [1.29, 1.82) is 5.26 Å². The van der Waals surface area contributed by atoms with E-state index in [4.69, 9.17) is 10.00 Å². The van der Waals surface area contributed by atoms with E-state index < -0.39 is 0 Å². The molecule has 0 aromatic carbocycles. The van der Waals surface area contributed by atoms with Crippen LogP contribution in [0.1, 0.15) is 32.1 Å². The number of nitrogens with zero attached hydrogens (tertiary/aromatic N) is 2. The van der Waals surface area contributed by atoms with Crippen molar-refractivity contribution in [1.82, 2.24) is 4.90 Å². The van der Waals surface area contributed by atoms with E-state index in [1.54, 1.807) is 12.0 Å². The fraction of sp³-hybridized carbons (Fsp3) is 0.818. The summed E-state index contributed by atoms with van der Waals surface area (Å²) in [6.45, 7) is 0.653. The smallest absolute Gasteiger partial charge is 0.225 e. The summed E-state index contributed by atoms with van der Waals surface area (Å²) in [5.74, 6) is 0.0466. The molecule has 0 atom stereocenters. The number of carbonyl (C=O) groups excluding carboxylic acids is 1. The van der Waals surface area contributed by atoms with E-state index in [2.05, 4.69) is 6.07 Å². The van der Waals surface area contributed by atoms with Crippen LogP contribution in [0, 0.1) is 11.3 Å². The molecule has 0 saturated heterocycles. The second-order valence-electron chi connectivity index (χ2n) is 3.86. The predicted molar refractivity (Wildman–Crippen MR) is 56.1 cm³/mol. The van der Waals surface area contributed by atoms with E-state index in [9.17, 15) is 4.79 Å². The summed E-state index contributed by atoms with van der Waals surface area (Å²) in [4.78, 5) is 13.5. The van der Waals surface area contributed by atoms with Gasteiger partial charge in [0.1, 0.15) is 6.54 Å². The fourth-order valence-electron chi connectivity index (χ4n) is 2.05. The van der Waals surface area contributed by atoms with Gasteiger partial charge in [-0.25, -0.2) is 0 Å². The lowest BCUT2D eigenvalue weighted by Gasteiger charge is -2.26. The van der Waals surface area contributed by atoms with E-state index in [-0.39, 0.29) is 18.5 Å². The van der Waals surface area contributed by atoms with Crippen molar-refractivity contribution >= 4 is 5.91 Å². The van der Waals surface area contributed by atoms with Crippen molar-refractivity contribution in [2.24, 2.45) is 0 Å². The minimum absolute atomic E-state index is 0.0466. The van der Waals surface area contributed by atoms with Crippen molar-refractivity contribution in [3.63, 3.8) is 0 Å². The van der Waals surface area contributed by atoms with Gasteiger partial charge in [-0.05, 0) is 12.8 Å². The number of ether oxygens (including phenoxy) is 1. The molecular formula is C11H18N2O2. The predicted octanol–water partition coefficient (Wildman–Crippen LogP) is 1.32. The van der Waals surface area contributed by atoms with Gasteiger partial charge < -0.3 is 9.64 Å². The highest BCUT2D eigenvalue weighted by Crippen LogP contribution is 2.23. The lowest BCUT2D eigenvalue weighted by atomic mass is 10.2. The van der Waals surface area contributed by atoms with E-state index in [0.29, 0.717) is 13.0 Å². The minimum Gasteiger partial charge on any atom is -0.384 e. The Balaban J connectivity index is 2.48. The van der Waals surface area contributed by atoms with Crippen LogP contribution in [0.2, 0.25) is 0 Å². The first kappa shape index (κ1) is 12.0. The van der Waals surface area contributed by atoms with Crippen LogP contribution in [0.4, 0.5) is 0 Å². The van der Waals surface area contributed by atoms with Crippen LogP contribution < -0.4 is 0 Å². The van der Waals surface area contributed by atoms with Gasteiger partial charge in [0.2, 0.25) is 5.91 Å². The van der Waals surface area contributed by atoms with Gasteiger partial charge in [0.05, 0.1) is 19.1 Å². The first-order valence-corrected chi connectivity index (χ1v) is 5.45. The van der Waals surface area contributed by atoms with Gasteiger partial charge in [0.15, 0.2) is 0 Å². The Hall–Kier alpha value is -1.08. The van der Waals surface area contributed by atoms with Gasteiger partial charge in [-0.15, -0.1) is 0 Å². The third-order valence-electron chi connectivity index (χ3n) is 2.85. The first-order chi connectivity index (χ1) is 7.29. The van der Waals surface area contributed by atoms with Crippen molar-refractivity contribution in [3.8, 4) is 6.07 Å². The lowest BCUT2D eigenvalue weighted by molar-refractivity contribution is -0.133. The molecule has 0 N–H and O–H groups in total.